The largest absolute Gasteiger partial charge is 0.336 e. The van der Waals surface area contributed by atoms with Gasteiger partial charge in [0.05, 0.1) is 6.54 Å². The highest BCUT2D eigenvalue weighted by atomic mass is 16.2. The minimum Gasteiger partial charge on any atom is -0.336 e. The first kappa shape index (κ1) is 17.9. The third-order valence-corrected chi connectivity index (χ3v) is 5.44. The van der Waals surface area contributed by atoms with Gasteiger partial charge >= 0.3 is 0 Å². The average Bonchev–Trinajstić information content (AvgIpc) is 3.08. The highest BCUT2D eigenvalue weighted by Crippen LogP contribution is 2.27. The molecule has 0 aromatic heterocycles. The molecule has 5 nitrogen and oxygen atoms in total. The molecule has 1 saturated heterocycles. The van der Waals surface area contributed by atoms with Crippen LogP contribution in [-0.4, -0.2) is 66.3 Å². The number of piperazine rings is 1. The number of hydrogen-bond donors (Lipinski definition) is 0. The van der Waals surface area contributed by atoms with Crippen LogP contribution in [0.2, 0.25) is 0 Å². The highest BCUT2D eigenvalue weighted by Gasteiger charge is 2.36. The van der Waals surface area contributed by atoms with Crippen molar-refractivity contribution < 1.29 is 9.59 Å². The Balaban J connectivity index is 1.72. The first-order valence-electron chi connectivity index (χ1n) is 9.28. The van der Waals surface area contributed by atoms with E-state index in [2.05, 4.69) is 6.07 Å². The fourth-order valence-corrected chi connectivity index (χ4v) is 4.15. The zero-order valence-corrected chi connectivity index (χ0v) is 15.6. The molecule has 1 aromatic carbocycles. The molecule has 5 heteroatoms. The van der Waals surface area contributed by atoms with Crippen LogP contribution >= 0.6 is 0 Å². The van der Waals surface area contributed by atoms with Crippen LogP contribution in [-0.2, 0) is 9.59 Å². The monoisotopic (exact) mass is 343 g/mol. The van der Waals surface area contributed by atoms with Crippen molar-refractivity contribution in [1.82, 2.24) is 14.7 Å². The summed E-state index contributed by atoms with van der Waals surface area (Å²) >= 11 is 0. The Hall–Kier alpha value is -1.88. The van der Waals surface area contributed by atoms with Crippen LogP contribution in [0.1, 0.15) is 42.9 Å². The Morgan fingerprint density at radius 2 is 1.92 bits per heavy atom. The molecule has 0 N–H and O–H groups in total. The van der Waals surface area contributed by atoms with E-state index in [0.717, 1.165) is 24.0 Å². The molecule has 2 fully saturated rings. The number of amides is 2. The van der Waals surface area contributed by atoms with Crippen molar-refractivity contribution in [3.8, 4) is 0 Å². The third-order valence-electron chi connectivity index (χ3n) is 5.44. The lowest BCUT2D eigenvalue weighted by atomic mass is 10.0. The van der Waals surface area contributed by atoms with Crippen molar-refractivity contribution >= 4 is 11.8 Å². The van der Waals surface area contributed by atoms with E-state index in [-0.39, 0.29) is 24.4 Å². The Morgan fingerprint density at radius 1 is 1.20 bits per heavy atom. The zero-order chi connectivity index (χ0) is 18.0. The van der Waals surface area contributed by atoms with E-state index in [0.29, 0.717) is 19.1 Å². The van der Waals surface area contributed by atoms with Crippen molar-refractivity contribution in [1.29, 1.82) is 0 Å². The lowest BCUT2D eigenvalue weighted by Crippen LogP contribution is -2.56. The Morgan fingerprint density at radius 3 is 2.52 bits per heavy atom. The summed E-state index contributed by atoms with van der Waals surface area (Å²) in [5.41, 5.74) is 2.12. The molecule has 25 heavy (non-hydrogen) atoms. The number of benzene rings is 1. The number of hydrogen-bond acceptors (Lipinski definition) is 3. The third kappa shape index (κ3) is 3.87. The predicted molar refractivity (Wildman–Crippen MR) is 98.2 cm³/mol. The summed E-state index contributed by atoms with van der Waals surface area (Å²) in [5, 5.41) is 0. The highest BCUT2D eigenvalue weighted by molar-refractivity contribution is 5.89. The van der Waals surface area contributed by atoms with Gasteiger partial charge in [0, 0.05) is 19.1 Å². The second-order valence-corrected chi connectivity index (χ2v) is 7.57. The maximum atomic E-state index is 13.1. The normalized spacial score (nSPS) is 20.4. The van der Waals surface area contributed by atoms with Crippen LogP contribution in [0.5, 0.6) is 0 Å². The molecule has 136 valence electrons. The number of likely N-dealkylation sites (N-methyl/N-ethyl adjacent to an activating group) is 1. The first-order valence-corrected chi connectivity index (χ1v) is 9.28. The van der Waals surface area contributed by atoms with Crippen LogP contribution < -0.4 is 0 Å². The molecular formula is C20H29N3O2. The van der Waals surface area contributed by atoms with E-state index < -0.39 is 0 Å². The van der Waals surface area contributed by atoms with Crippen molar-refractivity contribution in [2.24, 2.45) is 0 Å². The van der Waals surface area contributed by atoms with Crippen molar-refractivity contribution in [3.05, 3.63) is 35.4 Å². The summed E-state index contributed by atoms with van der Waals surface area (Å²) in [6.45, 7) is 3.55. The summed E-state index contributed by atoms with van der Waals surface area (Å²) < 4.78 is 0. The number of rotatable bonds is 4. The molecule has 2 amide bonds. The lowest BCUT2D eigenvalue weighted by Gasteiger charge is -2.39. The molecule has 2 aliphatic rings. The maximum Gasteiger partial charge on any atom is 0.245 e. The van der Waals surface area contributed by atoms with Gasteiger partial charge in [0.25, 0.3) is 0 Å². The van der Waals surface area contributed by atoms with Gasteiger partial charge < -0.3 is 9.80 Å². The van der Waals surface area contributed by atoms with Gasteiger partial charge in [-0.1, -0.05) is 42.7 Å². The summed E-state index contributed by atoms with van der Waals surface area (Å²) in [6.07, 6.45) is 4.66. The molecule has 1 atom stereocenters. The number of carbonyl (C=O) groups is 2. The fourth-order valence-electron chi connectivity index (χ4n) is 4.15. The molecule has 0 spiro atoms. The summed E-state index contributed by atoms with van der Waals surface area (Å²) in [5.74, 6) is 0.128. The van der Waals surface area contributed by atoms with E-state index in [1.165, 1.54) is 12.8 Å². The van der Waals surface area contributed by atoms with E-state index in [1.54, 1.807) is 4.90 Å². The van der Waals surface area contributed by atoms with E-state index in [1.807, 2.05) is 49.0 Å². The number of aryl methyl sites for hydroxylation is 1. The van der Waals surface area contributed by atoms with E-state index >= 15 is 0 Å². The number of carbonyl (C=O) groups excluding carboxylic acids is 2. The minimum atomic E-state index is -0.342. The van der Waals surface area contributed by atoms with Gasteiger partial charge in [-0.25, -0.2) is 0 Å². The fraction of sp³-hybridized carbons (Fsp3) is 0.600. The van der Waals surface area contributed by atoms with Gasteiger partial charge in [-0.15, -0.1) is 0 Å². The lowest BCUT2D eigenvalue weighted by molar-refractivity contribution is -0.149. The SMILES string of the molecule is Cc1cccc(C(C(=O)N2CCN(C3CCCC3)C(=O)C2)N(C)C)c1. The zero-order valence-electron chi connectivity index (χ0n) is 15.6. The topological polar surface area (TPSA) is 43.9 Å². The molecular weight excluding hydrogens is 314 g/mol. The average molecular weight is 343 g/mol. The van der Waals surface area contributed by atoms with Crippen molar-refractivity contribution in [2.75, 3.05) is 33.7 Å². The van der Waals surface area contributed by atoms with E-state index in [4.69, 9.17) is 0 Å². The van der Waals surface area contributed by atoms with Crippen LogP contribution in [0.25, 0.3) is 0 Å². The van der Waals surface area contributed by atoms with Crippen molar-refractivity contribution in [3.63, 3.8) is 0 Å². The Labute approximate surface area is 150 Å². The molecule has 0 bridgehead atoms. The Kier molecular flexibility index (Phi) is 5.42. The maximum absolute atomic E-state index is 13.1. The predicted octanol–water partition coefficient (Wildman–Crippen LogP) is 2.21. The van der Waals surface area contributed by atoms with Gasteiger partial charge in [0.15, 0.2) is 0 Å². The number of nitrogens with zero attached hydrogens (tertiary/aromatic N) is 3. The van der Waals surface area contributed by atoms with Crippen molar-refractivity contribution in [2.45, 2.75) is 44.7 Å². The van der Waals surface area contributed by atoms with Gasteiger partial charge in [0.1, 0.15) is 6.04 Å². The molecule has 1 heterocycles. The van der Waals surface area contributed by atoms with E-state index in [9.17, 15) is 9.59 Å². The minimum absolute atomic E-state index is 0.0232. The first-order chi connectivity index (χ1) is 12.0. The van der Waals surface area contributed by atoms with Gasteiger partial charge in [0.2, 0.25) is 11.8 Å². The second kappa shape index (κ2) is 7.56. The van der Waals surface area contributed by atoms with Gasteiger partial charge in [-0.3, -0.25) is 14.5 Å². The molecule has 1 unspecified atom stereocenters. The molecule has 0 radical (unpaired) electrons. The molecule has 1 aromatic rings. The Bertz CT molecular complexity index is 638. The summed E-state index contributed by atoms with van der Waals surface area (Å²) in [4.78, 5) is 31.4. The molecule has 1 aliphatic heterocycles. The standard InChI is InChI=1S/C20H29N3O2/c1-15-7-6-8-16(13-15)19(21(2)3)20(25)22-11-12-23(18(24)14-22)17-9-4-5-10-17/h6-8,13,17,19H,4-5,9-12,14H2,1-3H3. The smallest absolute Gasteiger partial charge is 0.245 e. The van der Waals surface area contributed by atoms with Gasteiger partial charge in [-0.05, 0) is 39.4 Å². The summed E-state index contributed by atoms with van der Waals surface area (Å²) in [6, 6.07) is 8.12. The quantitative estimate of drug-likeness (QED) is 0.842. The summed E-state index contributed by atoms with van der Waals surface area (Å²) in [7, 11) is 3.84. The van der Waals surface area contributed by atoms with Gasteiger partial charge in [-0.2, -0.15) is 0 Å². The van der Waals surface area contributed by atoms with Crippen LogP contribution in [0, 0.1) is 6.92 Å². The van der Waals surface area contributed by atoms with Crippen LogP contribution in [0.3, 0.4) is 0 Å². The van der Waals surface area contributed by atoms with Crippen LogP contribution in [0.15, 0.2) is 24.3 Å². The second-order valence-electron chi connectivity index (χ2n) is 7.57. The van der Waals surface area contributed by atoms with Crippen LogP contribution in [0.4, 0.5) is 0 Å². The molecule has 1 aliphatic carbocycles. The molecule has 3 rings (SSSR count). The molecule has 1 saturated carbocycles.